The van der Waals surface area contributed by atoms with Crippen LogP contribution in [-0.4, -0.2) is 52.5 Å². The van der Waals surface area contributed by atoms with Crippen LogP contribution in [0.4, 0.5) is 10.5 Å². The molecule has 0 radical (unpaired) electrons. The second-order valence-electron chi connectivity index (χ2n) is 7.93. The number of rotatable bonds is 4. The number of halogens is 1. The number of fused-ring (bicyclic) bond motifs is 1. The van der Waals surface area contributed by atoms with Crippen molar-refractivity contribution in [2.75, 3.05) is 11.9 Å². The van der Waals surface area contributed by atoms with Crippen LogP contribution in [0.1, 0.15) is 17.5 Å². The third-order valence-electron chi connectivity index (χ3n) is 5.66. The molecule has 2 heterocycles. The molecule has 0 spiro atoms. The van der Waals surface area contributed by atoms with Crippen molar-refractivity contribution < 1.29 is 19.5 Å². The first-order valence-corrected chi connectivity index (χ1v) is 10.4. The van der Waals surface area contributed by atoms with E-state index in [4.69, 9.17) is 11.6 Å². The minimum Gasteiger partial charge on any atom is -0.508 e. The van der Waals surface area contributed by atoms with Gasteiger partial charge in [0.2, 0.25) is 11.8 Å². The molecule has 0 bridgehead atoms. The molecular formula is C22H23ClN4O4. The molecular weight excluding hydrogens is 420 g/mol. The zero-order chi connectivity index (χ0) is 22.1. The van der Waals surface area contributed by atoms with Gasteiger partial charge < -0.3 is 26.0 Å². The largest absolute Gasteiger partial charge is 0.508 e. The third-order valence-corrected chi connectivity index (χ3v) is 5.90. The third kappa shape index (κ3) is 4.59. The van der Waals surface area contributed by atoms with Crippen LogP contribution in [0.3, 0.4) is 0 Å². The smallest absolute Gasteiger partial charge is 0.319 e. The number of nitrogens with one attached hydrogen (secondary N) is 3. The van der Waals surface area contributed by atoms with Crippen LogP contribution >= 0.6 is 11.6 Å². The maximum Gasteiger partial charge on any atom is 0.319 e. The van der Waals surface area contributed by atoms with E-state index in [0.29, 0.717) is 23.6 Å². The first kappa shape index (κ1) is 21.0. The molecule has 0 aromatic heterocycles. The van der Waals surface area contributed by atoms with E-state index < -0.39 is 18.1 Å². The Morgan fingerprint density at radius 3 is 2.71 bits per heavy atom. The summed E-state index contributed by atoms with van der Waals surface area (Å²) < 4.78 is 0. The Hall–Kier alpha value is -3.26. The van der Waals surface area contributed by atoms with Gasteiger partial charge in [-0.25, -0.2) is 4.79 Å². The van der Waals surface area contributed by atoms with Crippen molar-refractivity contribution in [3.63, 3.8) is 0 Å². The van der Waals surface area contributed by atoms with Crippen molar-refractivity contribution in [1.82, 2.24) is 15.5 Å². The van der Waals surface area contributed by atoms with Crippen molar-refractivity contribution in [3.05, 3.63) is 58.6 Å². The standard InChI is InChI=1S/C22H23ClN4O4/c1-12-2-5-14(23)9-17(12)26-22(31)24-15-10-19-20(29)25-18(21(30)27(19)11-15)8-13-3-6-16(28)7-4-13/h2-7,9,15,18-19,28H,8,10-11H2,1H3,(H,25,29)(H2,24,26,31)/t15-,18+,19-/m0/s1. The van der Waals surface area contributed by atoms with E-state index in [9.17, 15) is 19.5 Å². The number of aryl methyl sites for hydroxylation is 1. The number of nitrogens with zero attached hydrogens (tertiary/aromatic N) is 1. The number of piperazine rings is 1. The van der Waals surface area contributed by atoms with Crippen molar-refractivity contribution in [1.29, 1.82) is 0 Å². The van der Waals surface area contributed by atoms with Crippen molar-refractivity contribution in [2.24, 2.45) is 0 Å². The summed E-state index contributed by atoms with van der Waals surface area (Å²) in [6.07, 6.45) is 0.687. The minimum atomic E-state index is -0.671. The van der Waals surface area contributed by atoms with Gasteiger partial charge in [0, 0.05) is 23.7 Å². The first-order chi connectivity index (χ1) is 14.8. The lowest BCUT2D eigenvalue weighted by molar-refractivity contribution is -0.147. The highest BCUT2D eigenvalue weighted by Crippen LogP contribution is 2.25. The van der Waals surface area contributed by atoms with Gasteiger partial charge in [0.05, 0.1) is 6.04 Å². The number of carbonyl (C=O) groups excluding carboxylic acids is 3. The lowest BCUT2D eigenvalue weighted by Crippen LogP contribution is -2.61. The molecule has 2 aromatic rings. The second-order valence-corrected chi connectivity index (χ2v) is 8.36. The molecule has 4 amide bonds. The number of hydrogen-bond acceptors (Lipinski definition) is 4. The summed E-state index contributed by atoms with van der Waals surface area (Å²) in [5.41, 5.74) is 2.30. The summed E-state index contributed by atoms with van der Waals surface area (Å²) in [5.74, 6) is -0.255. The van der Waals surface area contributed by atoms with Crippen LogP contribution in [-0.2, 0) is 16.0 Å². The van der Waals surface area contributed by atoms with Gasteiger partial charge in [-0.3, -0.25) is 9.59 Å². The summed E-state index contributed by atoms with van der Waals surface area (Å²) in [6, 6.07) is 9.73. The van der Waals surface area contributed by atoms with Gasteiger partial charge in [0.1, 0.15) is 17.8 Å². The summed E-state index contributed by atoms with van der Waals surface area (Å²) in [4.78, 5) is 39.5. The predicted molar refractivity (Wildman–Crippen MR) is 116 cm³/mol. The van der Waals surface area contributed by atoms with Crippen LogP contribution in [0.5, 0.6) is 5.75 Å². The number of hydrogen-bond donors (Lipinski definition) is 4. The van der Waals surface area contributed by atoms with Crippen LogP contribution in [0.2, 0.25) is 5.02 Å². The molecule has 4 N–H and O–H groups in total. The molecule has 8 nitrogen and oxygen atoms in total. The number of carbonyl (C=O) groups is 3. The fraction of sp³-hybridized carbons (Fsp3) is 0.318. The Balaban J connectivity index is 1.38. The normalized spacial score (nSPS) is 22.6. The number of urea groups is 1. The fourth-order valence-corrected chi connectivity index (χ4v) is 4.21. The minimum absolute atomic E-state index is 0.141. The maximum absolute atomic E-state index is 12.9. The molecule has 2 fully saturated rings. The average Bonchev–Trinajstić information content (AvgIpc) is 3.15. The van der Waals surface area contributed by atoms with Gasteiger partial charge in [0.15, 0.2) is 0 Å². The average molecular weight is 443 g/mol. The Morgan fingerprint density at radius 1 is 1.23 bits per heavy atom. The van der Waals surface area contributed by atoms with Gasteiger partial charge >= 0.3 is 6.03 Å². The van der Waals surface area contributed by atoms with E-state index in [2.05, 4.69) is 16.0 Å². The molecule has 3 atom stereocenters. The van der Waals surface area contributed by atoms with E-state index in [1.165, 1.54) is 0 Å². The van der Waals surface area contributed by atoms with Gasteiger partial charge in [-0.15, -0.1) is 0 Å². The number of anilines is 1. The molecule has 2 aliphatic rings. The highest BCUT2D eigenvalue weighted by atomic mass is 35.5. The molecule has 2 aromatic carbocycles. The number of benzene rings is 2. The van der Waals surface area contributed by atoms with Gasteiger partial charge in [0.25, 0.3) is 0 Å². The molecule has 31 heavy (non-hydrogen) atoms. The van der Waals surface area contributed by atoms with E-state index in [1.807, 2.05) is 13.0 Å². The quantitative estimate of drug-likeness (QED) is 0.581. The zero-order valence-electron chi connectivity index (χ0n) is 16.9. The number of phenolic OH excluding ortho intramolecular Hbond substituents is 1. The Labute approximate surface area is 184 Å². The monoisotopic (exact) mass is 442 g/mol. The molecule has 0 aliphatic carbocycles. The number of phenols is 1. The molecule has 162 valence electrons. The highest BCUT2D eigenvalue weighted by Gasteiger charge is 2.46. The highest BCUT2D eigenvalue weighted by molar-refractivity contribution is 6.31. The van der Waals surface area contributed by atoms with E-state index in [-0.39, 0.29) is 30.2 Å². The molecule has 2 saturated heterocycles. The van der Waals surface area contributed by atoms with Crippen LogP contribution in [0.25, 0.3) is 0 Å². The topological polar surface area (TPSA) is 111 Å². The SMILES string of the molecule is Cc1ccc(Cl)cc1NC(=O)N[C@H]1C[C@H]2C(=O)N[C@H](Cc3ccc(O)cc3)C(=O)N2C1. The summed E-state index contributed by atoms with van der Waals surface area (Å²) >= 11 is 5.99. The van der Waals surface area contributed by atoms with Gasteiger partial charge in [-0.2, -0.15) is 0 Å². The molecule has 2 aliphatic heterocycles. The first-order valence-electron chi connectivity index (χ1n) is 10.0. The van der Waals surface area contributed by atoms with E-state index in [0.717, 1.165) is 11.1 Å². The lowest BCUT2D eigenvalue weighted by Gasteiger charge is -2.34. The Morgan fingerprint density at radius 2 is 1.97 bits per heavy atom. The van der Waals surface area contributed by atoms with Crippen molar-refractivity contribution in [2.45, 2.75) is 37.9 Å². The van der Waals surface area contributed by atoms with Crippen LogP contribution in [0.15, 0.2) is 42.5 Å². The summed E-state index contributed by atoms with van der Waals surface area (Å²) in [6.45, 7) is 2.13. The van der Waals surface area contributed by atoms with Crippen LogP contribution < -0.4 is 16.0 Å². The van der Waals surface area contributed by atoms with Gasteiger partial charge in [-0.1, -0.05) is 29.8 Å². The molecule has 4 rings (SSSR count). The Bertz CT molecular complexity index is 1030. The number of aromatic hydroxyl groups is 1. The van der Waals surface area contributed by atoms with Crippen molar-refractivity contribution >= 4 is 35.1 Å². The Kier molecular flexibility index (Phi) is 5.73. The van der Waals surface area contributed by atoms with Crippen LogP contribution in [0, 0.1) is 6.92 Å². The summed E-state index contributed by atoms with van der Waals surface area (Å²) in [5, 5.41) is 18.3. The lowest BCUT2D eigenvalue weighted by atomic mass is 10.0. The zero-order valence-corrected chi connectivity index (χ0v) is 17.6. The molecule has 0 saturated carbocycles. The second kappa shape index (κ2) is 8.47. The van der Waals surface area contributed by atoms with Gasteiger partial charge in [-0.05, 0) is 48.7 Å². The molecule has 0 unspecified atom stereocenters. The maximum atomic E-state index is 12.9. The van der Waals surface area contributed by atoms with Crippen molar-refractivity contribution in [3.8, 4) is 5.75 Å². The van der Waals surface area contributed by atoms with E-state index in [1.54, 1.807) is 41.3 Å². The summed E-state index contributed by atoms with van der Waals surface area (Å²) in [7, 11) is 0. The fourth-order valence-electron chi connectivity index (χ4n) is 4.04. The molecule has 9 heteroatoms. The predicted octanol–water partition coefficient (Wildman–Crippen LogP) is 2.19. The number of amides is 4. The van der Waals surface area contributed by atoms with E-state index >= 15 is 0 Å².